The van der Waals surface area contributed by atoms with Crippen LogP contribution in [0.1, 0.15) is 45.2 Å². The number of hydrogen-bond acceptors (Lipinski definition) is 5. The van der Waals surface area contributed by atoms with Crippen molar-refractivity contribution in [1.29, 1.82) is 0 Å². The molecule has 4 rings (SSSR count). The van der Waals surface area contributed by atoms with Crippen LogP contribution in [0.15, 0.2) is 114 Å². The highest BCUT2D eigenvalue weighted by Gasteiger charge is 2.19. The summed E-state index contributed by atoms with van der Waals surface area (Å²) in [5, 5.41) is 8.08. The van der Waals surface area contributed by atoms with Crippen LogP contribution in [0.3, 0.4) is 0 Å². The van der Waals surface area contributed by atoms with Crippen molar-refractivity contribution in [3.8, 4) is 0 Å². The predicted molar refractivity (Wildman–Crippen MR) is 172 cm³/mol. The molecule has 218 valence electrons. The van der Waals surface area contributed by atoms with Gasteiger partial charge in [0.15, 0.2) is 0 Å². The van der Waals surface area contributed by atoms with Crippen molar-refractivity contribution in [2.24, 2.45) is 5.73 Å². The highest BCUT2D eigenvalue weighted by atomic mass is 32.2. The van der Waals surface area contributed by atoms with E-state index in [9.17, 15) is 19.2 Å². The number of thioether (sulfide) groups is 1. The molecule has 43 heavy (non-hydrogen) atoms. The Balaban J connectivity index is 1.48. The summed E-state index contributed by atoms with van der Waals surface area (Å²) in [6.07, 6.45) is 2.19. The molecular weight excluding hydrogens is 560 g/mol. The number of amides is 4. The van der Waals surface area contributed by atoms with Crippen molar-refractivity contribution in [3.63, 3.8) is 0 Å². The smallest absolute Gasteiger partial charge is 0.272 e. The van der Waals surface area contributed by atoms with E-state index in [1.54, 1.807) is 72.8 Å². The maximum absolute atomic E-state index is 13.4. The fourth-order valence-corrected chi connectivity index (χ4v) is 5.15. The Hall–Kier alpha value is -5.15. The fourth-order valence-electron chi connectivity index (χ4n) is 4.14. The van der Waals surface area contributed by atoms with Crippen molar-refractivity contribution in [3.05, 3.63) is 131 Å². The summed E-state index contributed by atoms with van der Waals surface area (Å²) in [6.45, 7) is 3.86. The lowest BCUT2D eigenvalue weighted by Gasteiger charge is -2.16. The summed E-state index contributed by atoms with van der Waals surface area (Å²) in [4.78, 5) is 51.4. The topological polar surface area (TPSA) is 130 Å². The maximum atomic E-state index is 13.4. The molecule has 9 heteroatoms. The number of carbonyl (C=O) groups is 4. The highest BCUT2D eigenvalue weighted by Crippen LogP contribution is 2.29. The van der Waals surface area contributed by atoms with Gasteiger partial charge in [-0.05, 0) is 79.6 Å². The number of benzene rings is 4. The molecule has 0 aromatic heterocycles. The van der Waals surface area contributed by atoms with Gasteiger partial charge in [0.2, 0.25) is 11.8 Å². The third kappa shape index (κ3) is 8.92. The fraction of sp³-hybridized carbons (Fsp3) is 0.118. The largest absolute Gasteiger partial charge is 0.366 e. The summed E-state index contributed by atoms with van der Waals surface area (Å²) >= 11 is 1.36. The van der Waals surface area contributed by atoms with Gasteiger partial charge >= 0.3 is 0 Å². The normalized spacial score (nSPS) is 11.7. The van der Waals surface area contributed by atoms with E-state index in [2.05, 4.69) is 16.0 Å². The minimum Gasteiger partial charge on any atom is -0.366 e. The Morgan fingerprint density at radius 1 is 0.791 bits per heavy atom. The third-order valence-corrected chi connectivity index (χ3v) is 7.71. The van der Waals surface area contributed by atoms with Crippen LogP contribution < -0.4 is 21.7 Å². The third-order valence-electron chi connectivity index (χ3n) is 6.35. The number of anilines is 2. The number of primary amides is 1. The number of hydrogen-bond donors (Lipinski definition) is 4. The molecule has 8 nitrogen and oxygen atoms in total. The molecule has 1 unspecified atom stereocenters. The molecule has 0 bridgehead atoms. The second-order valence-corrected chi connectivity index (χ2v) is 11.0. The van der Waals surface area contributed by atoms with Gasteiger partial charge in [0.1, 0.15) is 5.70 Å². The molecule has 0 radical (unpaired) electrons. The van der Waals surface area contributed by atoms with E-state index in [0.29, 0.717) is 28.9 Å². The van der Waals surface area contributed by atoms with Crippen molar-refractivity contribution < 1.29 is 19.2 Å². The second-order valence-electron chi connectivity index (χ2n) is 9.72. The van der Waals surface area contributed by atoms with Crippen molar-refractivity contribution in [1.82, 2.24) is 5.32 Å². The molecule has 1 atom stereocenters. The van der Waals surface area contributed by atoms with Crippen LogP contribution in [0.5, 0.6) is 0 Å². The number of aryl methyl sites for hydroxylation is 1. The molecule has 5 N–H and O–H groups in total. The lowest BCUT2D eigenvalue weighted by Crippen LogP contribution is -2.30. The number of nitrogens with two attached hydrogens (primary N) is 1. The van der Waals surface area contributed by atoms with E-state index in [1.165, 1.54) is 11.8 Å². The predicted octanol–water partition coefficient (Wildman–Crippen LogP) is 6.01. The second kappa shape index (κ2) is 14.7. The molecule has 0 aliphatic carbocycles. The molecule has 0 saturated heterocycles. The molecule has 0 spiro atoms. The first kappa shape index (κ1) is 30.8. The lowest BCUT2D eigenvalue weighted by molar-refractivity contribution is -0.116. The van der Waals surface area contributed by atoms with Gasteiger partial charge in [-0.15, -0.1) is 11.8 Å². The average molecular weight is 593 g/mol. The Kier molecular flexibility index (Phi) is 10.5. The van der Waals surface area contributed by atoms with Gasteiger partial charge in [0.25, 0.3) is 11.8 Å². The molecule has 4 aromatic carbocycles. The van der Waals surface area contributed by atoms with Crippen LogP contribution in [-0.4, -0.2) is 28.9 Å². The van der Waals surface area contributed by atoms with Crippen LogP contribution in [0.25, 0.3) is 6.08 Å². The highest BCUT2D eigenvalue weighted by molar-refractivity contribution is 8.00. The van der Waals surface area contributed by atoms with Crippen molar-refractivity contribution in [2.45, 2.75) is 30.4 Å². The minimum absolute atomic E-state index is 0.0886. The monoisotopic (exact) mass is 592 g/mol. The molecular formula is C34H32N4O4S. The van der Waals surface area contributed by atoms with E-state index >= 15 is 0 Å². The van der Waals surface area contributed by atoms with Crippen LogP contribution in [0.2, 0.25) is 0 Å². The number of carbonyl (C=O) groups excluding carboxylic acids is 4. The van der Waals surface area contributed by atoms with E-state index < -0.39 is 23.0 Å². The zero-order chi connectivity index (χ0) is 30.8. The molecule has 0 fully saturated rings. The summed E-state index contributed by atoms with van der Waals surface area (Å²) in [7, 11) is 0. The van der Waals surface area contributed by atoms with Crippen LogP contribution in [0, 0.1) is 6.92 Å². The summed E-state index contributed by atoms with van der Waals surface area (Å²) < 4.78 is 0. The lowest BCUT2D eigenvalue weighted by atomic mass is 10.1. The number of rotatable bonds is 11. The molecule has 4 aromatic rings. The minimum atomic E-state index is -0.539. The summed E-state index contributed by atoms with van der Waals surface area (Å²) in [5.41, 5.74) is 9.01. The Labute approximate surface area is 254 Å². The average Bonchev–Trinajstić information content (AvgIpc) is 3.00. The molecule has 0 heterocycles. The van der Waals surface area contributed by atoms with E-state index in [-0.39, 0.29) is 11.6 Å². The van der Waals surface area contributed by atoms with E-state index in [0.717, 1.165) is 16.0 Å². The Morgan fingerprint density at radius 3 is 2.19 bits per heavy atom. The van der Waals surface area contributed by atoms with Crippen LogP contribution >= 0.6 is 11.8 Å². The molecule has 4 amide bonds. The van der Waals surface area contributed by atoms with Gasteiger partial charge in [-0.3, -0.25) is 19.2 Å². The maximum Gasteiger partial charge on any atom is 0.272 e. The Bertz CT molecular complexity index is 1650. The molecule has 0 saturated carbocycles. The van der Waals surface area contributed by atoms with Gasteiger partial charge in [0.05, 0.1) is 5.25 Å². The SMILES string of the molecule is CCC(Sc1cccc(NC(=O)/C(=C\c2cccc(C)c2)NC(=O)c2ccccc2)c1)C(=O)Nc1ccc(C(N)=O)cc1. The first-order valence-corrected chi connectivity index (χ1v) is 14.5. The van der Waals surface area contributed by atoms with Gasteiger partial charge in [0, 0.05) is 27.4 Å². The van der Waals surface area contributed by atoms with Gasteiger partial charge in [-0.1, -0.05) is 61.0 Å². The zero-order valence-electron chi connectivity index (χ0n) is 23.8. The first-order chi connectivity index (χ1) is 20.7. The quantitative estimate of drug-likeness (QED) is 0.125. The van der Waals surface area contributed by atoms with E-state index in [4.69, 9.17) is 5.73 Å². The van der Waals surface area contributed by atoms with Crippen molar-refractivity contribution in [2.75, 3.05) is 10.6 Å². The number of nitrogens with one attached hydrogen (secondary N) is 3. The van der Waals surface area contributed by atoms with Crippen LogP contribution in [-0.2, 0) is 9.59 Å². The Morgan fingerprint density at radius 2 is 1.51 bits per heavy atom. The van der Waals surface area contributed by atoms with Crippen LogP contribution in [0.4, 0.5) is 11.4 Å². The summed E-state index contributed by atoms with van der Waals surface area (Å²) in [6, 6.07) is 29.8. The first-order valence-electron chi connectivity index (χ1n) is 13.7. The zero-order valence-corrected chi connectivity index (χ0v) is 24.6. The molecule has 0 aliphatic heterocycles. The van der Waals surface area contributed by atoms with E-state index in [1.807, 2.05) is 50.2 Å². The van der Waals surface area contributed by atoms with Gasteiger partial charge in [-0.2, -0.15) is 0 Å². The summed E-state index contributed by atoms with van der Waals surface area (Å²) in [5.74, 6) is -1.62. The van der Waals surface area contributed by atoms with Gasteiger partial charge < -0.3 is 21.7 Å². The van der Waals surface area contributed by atoms with Crippen molar-refractivity contribution >= 4 is 52.8 Å². The standard InChI is InChI=1S/C34H32N4O4S/c1-3-30(34(42)36-26-17-15-24(16-18-26)31(35)39)43-28-14-8-13-27(21-28)37-33(41)29(20-23-10-7-9-22(2)19-23)38-32(40)25-11-5-4-6-12-25/h4-21,30H,3H2,1-2H3,(H2,35,39)(H,36,42)(H,37,41)(H,38,40)/b29-20+. The molecule has 0 aliphatic rings. The van der Waals surface area contributed by atoms with Gasteiger partial charge in [-0.25, -0.2) is 0 Å².